The number of hydrogen-bond acceptors (Lipinski definition) is 8. The number of aromatic hydroxyl groups is 1. The molecule has 1 aromatic heterocycles. The lowest BCUT2D eigenvalue weighted by Crippen LogP contribution is -2.43. The first-order chi connectivity index (χ1) is 21.2. The minimum Gasteiger partial charge on any atom is -0.508 e. The van der Waals surface area contributed by atoms with Crippen LogP contribution in [0.2, 0.25) is 0 Å². The number of methoxy groups -OCH3 is 1. The third kappa shape index (κ3) is 4.78. The monoisotopic (exact) mass is 630 g/mol. The Kier molecular flexibility index (Phi) is 7.05. The van der Waals surface area contributed by atoms with Crippen molar-refractivity contribution in [2.75, 3.05) is 7.11 Å². The van der Waals surface area contributed by atoms with Gasteiger partial charge in [-0.3, -0.25) is 14.5 Å². The summed E-state index contributed by atoms with van der Waals surface area (Å²) in [6.07, 6.45) is 6.47. The minimum absolute atomic E-state index is 0.0280. The normalized spacial score (nSPS) is 26.6. The number of rotatable bonds is 9. The number of furan rings is 1. The van der Waals surface area contributed by atoms with E-state index in [1.165, 1.54) is 50.3 Å². The van der Waals surface area contributed by atoms with Gasteiger partial charge in [-0.25, -0.2) is 4.79 Å². The number of carbonyl (C=O) groups excluding carboxylic acids is 2. The zero-order chi connectivity index (χ0) is 30.7. The van der Waals surface area contributed by atoms with Gasteiger partial charge in [0.05, 0.1) is 23.1 Å². The molecule has 2 amide bonds. The summed E-state index contributed by atoms with van der Waals surface area (Å²) in [5.74, 6) is 1.29. The van der Waals surface area contributed by atoms with Gasteiger partial charge in [-0.15, -0.1) is 0 Å². The van der Waals surface area contributed by atoms with Crippen molar-refractivity contribution < 1.29 is 33.8 Å². The number of nitrogens with zero attached hydrogens (tertiary/aromatic N) is 1. The van der Waals surface area contributed by atoms with E-state index in [2.05, 4.69) is 5.32 Å². The van der Waals surface area contributed by atoms with Crippen LogP contribution in [0.4, 0.5) is 0 Å². The van der Waals surface area contributed by atoms with Crippen LogP contribution in [-0.4, -0.2) is 55.9 Å². The molecule has 8 rings (SSSR count). The summed E-state index contributed by atoms with van der Waals surface area (Å²) in [5, 5.41) is 21.9. The lowest BCUT2D eigenvalue weighted by molar-refractivity contribution is -0.139. The molecule has 5 aliphatic rings. The Balaban J connectivity index is 1.09. The molecule has 9 nitrogen and oxygen atoms in total. The van der Waals surface area contributed by atoms with E-state index < -0.39 is 17.9 Å². The average Bonchev–Trinajstić information content (AvgIpc) is 3.32. The molecule has 1 aliphatic heterocycles. The number of amides is 2. The summed E-state index contributed by atoms with van der Waals surface area (Å²) in [6.45, 7) is 0. The second kappa shape index (κ2) is 10.8. The fraction of sp³-hybridized carbons (Fsp3) is 0.333. The number of benzene rings is 2. The van der Waals surface area contributed by atoms with Gasteiger partial charge in [-0.2, -0.15) is 0 Å². The second-order valence-corrected chi connectivity index (χ2v) is 13.6. The zero-order valence-corrected chi connectivity index (χ0v) is 25.5. The average molecular weight is 631 g/mol. The summed E-state index contributed by atoms with van der Waals surface area (Å²) < 4.78 is 12.1. The van der Waals surface area contributed by atoms with Gasteiger partial charge in [-0.1, -0.05) is 36.1 Å². The third-order valence-corrected chi connectivity index (χ3v) is 10.9. The van der Waals surface area contributed by atoms with Crippen LogP contribution in [0.1, 0.15) is 47.4 Å². The van der Waals surface area contributed by atoms with E-state index in [1.54, 1.807) is 48.5 Å². The highest BCUT2D eigenvalue weighted by Gasteiger charge is 2.75. The molecule has 4 aliphatic carbocycles. The molecule has 3 N–H and O–H groups in total. The van der Waals surface area contributed by atoms with Crippen molar-refractivity contribution in [2.24, 2.45) is 17.8 Å². The van der Waals surface area contributed by atoms with Gasteiger partial charge in [0.2, 0.25) is 0 Å². The summed E-state index contributed by atoms with van der Waals surface area (Å²) in [4.78, 5) is 41.2. The van der Waals surface area contributed by atoms with Crippen molar-refractivity contribution in [3.05, 3.63) is 76.4 Å². The van der Waals surface area contributed by atoms with Crippen molar-refractivity contribution in [1.29, 1.82) is 0 Å². The molecule has 226 valence electrons. The first-order valence-corrected chi connectivity index (χ1v) is 15.8. The number of fused-ring (bicyclic) bond motifs is 1. The van der Waals surface area contributed by atoms with Crippen molar-refractivity contribution in [3.63, 3.8) is 0 Å². The second-order valence-electron chi connectivity index (χ2n) is 12.0. The first-order valence-electron chi connectivity index (χ1n) is 14.6. The fourth-order valence-corrected chi connectivity index (χ4v) is 8.97. The number of phenolic OH excluding ortho intramolecular Hbond substituents is 1. The topological polar surface area (TPSA) is 129 Å². The number of aliphatic carboxylic acids is 1. The largest absolute Gasteiger partial charge is 0.508 e. The Morgan fingerprint density at radius 3 is 2.64 bits per heavy atom. The Morgan fingerprint density at radius 1 is 1.18 bits per heavy atom. The number of thioether (sulfide) groups is 1. The van der Waals surface area contributed by atoms with Gasteiger partial charge in [0.25, 0.3) is 11.8 Å². The van der Waals surface area contributed by atoms with E-state index in [0.717, 1.165) is 6.42 Å². The Hall–Kier alpha value is -4.09. The molecule has 11 heteroatoms. The molecule has 5 fully saturated rings. The van der Waals surface area contributed by atoms with E-state index >= 15 is 0 Å². The molecule has 0 radical (unpaired) electrons. The first kappa shape index (κ1) is 28.7. The lowest BCUT2D eigenvalue weighted by Gasteiger charge is -2.32. The van der Waals surface area contributed by atoms with Gasteiger partial charge < -0.3 is 24.7 Å². The van der Waals surface area contributed by atoms with Gasteiger partial charge in [0.1, 0.15) is 33.4 Å². The van der Waals surface area contributed by atoms with E-state index in [-0.39, 0.29) is 34.9 Å². The molecule has 1 saturated heterocycles. The maximum absolute atomic E-state index is 13.5. The van der Waals surface area contributed by atoms with Gasteiger partial charge >= 0.3 is 5.97 Å². The van der Waals surface area contributed by atoms with Crippen LogP contribution in [0, 0.1) is 17.8 Å². The maximum Gasteiger partial charge on any atom is 0.326 e. The SMILES string of the molecule is COc1ccc(-c2ccc(/C=C3\SC(=S)N(C45CC6CCC4C5C6)C3=O)o2)cc1C(=O)N[C@@H](Cc1ccc(O)cc1)C(=O)O. The van der Waals surface area contributed by atoms with Crippen LogP contribution in [0.5, 0.6) is 11.5 Å². The van der Waals surface area contributed by atoms with Crippen LogP contribution in [0.3, 0.4) is 0 Å². The number of thiocarbonyl (C=S) groups is 1. The minimum atomic E-state index is -1.21. The van der Waals surface area contributed by atoms with Crippen LogP contribution in [0.25, 0.3) is 17.4 Å². The predicted octanol–water partition coefficient (Wildman–Crippen LogP) is 5.48. The van der Waals surface area contributed by atoms with Crippen molar-refractivity contribution in [3.8, 4) is 22.8 Å². The highest BCUT2D eigenvalue weighted by Crippen LogP contribution is 2.73. The Labute approximate surface area is 263 Å². The number of ether oxygens (including phenoxy) is 1. The molecule has 4 bridgehead atoms. The summed E-state index contributed by atoms with van der Waals surface area (Å²) in [6, 6.07) is 13.4. The van der Waals surface area contributed by atoms with Gasteiger partial charge in [0.15, 0.2) is 0 Å². The predicted molar refractivity (Wildman–Crippen MR) is 168 cm³/mol. The van der Waals surface area contributed by atoms with Crippen molar-refractivity contribution in [1.82, 2.24) is 10.2 Å². The summed E-state index contributed by atoms with van der Waals surface area (Å²) in [5.41, 5.74) is 1.29. The quantitative estimate of drug-likeness (QED) is 0.208. The van der Waals surface area contributed by atoms with Crippen LogP contribution in [0.15, 0.2) is 63.9 Å². The van der Waals surface area contributed by atoms with Crippen molar-refractivity contribution >= 4 is 52.2 Å². The van der Waals surface area contributed by atoms with Crippen LogP contribution in [-0.2, 0) is 16.0 Å². The van der Waals surface area contributed by atoms with E-state index in [0.29, 0.717) is 49.6 Å². The molecule has 2 aromatic carbocycles. The molecule has 4 saturated carbocycles. The number of carboxylic acids is 1. The molecule has 0 spiro atoms. The lowest BCUT2D eigenvalue weighted by atomic mass is 9.84. The van der Waals surface area contributed by atoms with Gasteiger partial charge in [0, 0.05) is 18.1 Å². The third-order valence-electron chi connectivity index (χ3n) is 9.57. The Morgan fingerprint density at radius 2 is 1.98 bits per heavy atom. The molecule has 4 unspecified atom stereocenters. The number of nitrogens with one attached hydrogen (secondary N) is 1. The molecule has 2 heterocycles. The molecular weight excluding hydrogens is 601 g/mol. The number of hydrogen-bond donors (Lipinski definition) is 3. The van der Waals surface area contributed by atoms with Crippen LogP contribution >= 0.6 is 24.0 Å². The van der Waals surface area contributed by atoms with E-state index in [4.69, 9.17) is 21.4 Å². The summed E-state index contributed by atoms with van der Waals surface area (Å²) >= 11 is 7.01. The summed E-state index contributed by atoms with van der Waals surface area (Å²) in [7, 11) is 1.43. The fourth-order valence-electron chi connectivity index (χ4n) is 7.56. The molecule has 44 heavy (non-hydrogen) atoms. The number of phenols is 1. The smallest absolute Gasteiger partial charge is 0.326 e. The van der Waals surface area contributed by atoms with E-state index in [9.17, 15) is 24.6 Å². The highest BCUT2D eigenvalue weighted by molar-refractivity contribution is 8.26. The standard InChI is InChI=1S/C33H30N2O7S2/c1-41-27-10-5-19(14-22(27)29(37)34-25(31(39)40)13-17-2-6-20(36)7-3-17)26-11-8-21(42-26)15-28-30(38)35(32(43)44-28)33-16-18-4-9-23(33)24(33)12-18/h2-3,5-8,10-11,14-15,18,23-25,36H,4,9,12-13,16H2,1H3,(H,34,37)(H,39,40)/b28-15-/t18?,23?,24?,25-,33?/m0/s1. The molecule has 3 aromatic rings. The number of carboxylic acid groups (broad SMARTS) is 1. The number of carbonyl (C=O) groups is 3. The van der Waals surface area contributed by atoms with E-state index in [1.807, 2.05) is 4.90 Å². The molecular formula is C33H30N2O7S2. The highest BCUT2D eigenvalue weighted by atomic mass is 32.2. The van der Waals surface area contributed by atoms with Crippen molar-refractivity contribution in [2.45, 2.75) is 43.7 Å². The molecule has 5 atom stereocenters. The Bertz CT molecular complexity index is 1730. The maximum atomic E-state index is 13.5. The van der Waals surface area contributed by atoms with Crippen LogP contribution < -0.4 is 10.1 Å². The van der Waals surface area contributed by atoms with Gasteiger partial charge in [-0.05, 0) is 91.5 Å². The zero-order valence-electron chi connectivity index (χ0n) is 23.8.